The third-order valence-corrected chi connectivity index (χ3v) is 6.44. The zero-order chi connectivity index (χ0) is 23.6. The van der Waals surface area contributed by atoms with Gasteiger partial charge >= 0.3 is 11.9 Å². The van der Waals surface area contributed by atoms with Crippen molar-refractivity contribution < 1.29 is 33.9 Å². The molecule has 0 bridgehead atoms. The predicted octanol–water partition coefficient (Wildman–Crippen LogP) is -0.0663. The second kappa shape index (κ2) is 9.40. The number of carbonyl (C=O) groups is 4. The number of nitrogens with one attached hydrogen (secondary N) is 1. The molecule has 0 spiro atoms. The second-order valence-corrected chi connectivity index (χ2v) is 8.66. The molecular weight excluding hydrogens is 462 g/mol. The van der Waals surface area contributed by atoms with Gasteiger partial charge in [-0.1, -0.05) is 11.7 Å². The molecule has 0 unspecified atom stereocenters. The number of oxime groups is 1. The molecule has 3 heterocycles. The molecule has 3 rings (SSSR count). The predicted molar refractivity (Wildman–Crippen MR) is 116 cm³/mol. The van der Waals surface area contributed by atoms with E-state index in [2.05, 4.69) is 22.0 Å². The highest BCUT2D eigenvalue weighted by Gasteiger charge is 2.54. The first-order chi connectivity index (χ1) is 15.1. The molecule has 0 saturated carbocycles. The number of carbonyl (C=O) groups excluding carboxylic acids is 3. The van der Waals surface area contributed by atoms with Gasteiger partial charge in [-0.15, -0.1) is 23.1 Å². The van der Waals surface area contributed by atoms with Gasteiger partial charge < -0.3 is 25.7 Å². The van der Waals surface area contributed by atoms with Gasteiger partial charge in [0, 0.05) is 22.3 Å². The van der Waals surface area contributed by atoms with Gasteiger partial charge in [0.25, 0.3) is 11.8 Å². The molecule has 1 saturated heterocycles. The van der Waals surface area contributed by atoms with Crippen molar-refractivity contribution >= 4 is 57.7 Å². The van der Waals surface area contributed by atoms with Crippen LogP contribution in [0.4, 0.5) is 5.13 Å². The van der Waals surface area contributed by atoms with Gasteiger partial charge in [-0.25, -0.2) is 14.6 Å². The number of hydrogen-bond acceptors (Lipinski definition) is 11. The van der Waals surface area contributed by atoms with Gasteiger partial charge in [-0.05, 0) is 6.92 Å². The Morgan fingerprint density at radius 2 is 2.19 bits per heavy atom. The summed E-state index contributed by atoms with van der Waals surface area (Å²) in [7, 11) is 1.25. The van der Waals surface area contributed by atoms with Crippen molar-refractivity contribution in [2.45, 2.75) is 18.3 Å². The number of β-lactam (4-membered cyclic amide) rings is 1. The lowest BCUT2D eigenvalue weighted by Gasteiger charge is -2.49. The maximum Gasteiger partial charge on any atom is 0.352 e. The molecule has 12 nitrogen and oxygen atoms in total. The number of thiazole rings is 1. The fourth-order valence-electron chi connectivity index (χ4n) is 2.97. The standard InChI is InChI=1S/C18H19N5O7S2/c1-7(2)17(28)30-4-8-5-31-15-11(14(25)23(15)12(8)16(26)27)21-13(24)10(22-29-3)9-6-32-18(19)20-9/h6,11,15H,1,4-5H2,2-3H3,(H2,19,20)(H,21,24)(H,26,27)/b22-10-/t11-,15-/m1/s1. The van der Waals surface area contributed by atoms with Crippen molar-refractivity contribution in [2.75, 3.05) is 25.2 Å². The van der Waals surface area contributed by atoms with Gasteiger partial charge in [-0.2, -0.15) is 0 Å². The number of fused-ring (bicyclic) bond motifs is 1. The van der Waals surface area contributed by atoms with Crippen LogP contribution in [0, 0.1) is 0 Å². The number of esters is 1. The number of thioether (sulfide) groups is 1. The first-order valence-corrected chi connectivity index (χ1v) is 10.9. The maximum atomic E-state index is 12.7. The molecule has 170 valence electrons. The number of nitrogen functional groups attached to an aromatic ring is 1. The lowest BCUT2D eigenvalue weighted by Crippen LogP contribution is -2.71. The quantitative estimate of drug-likeness (QED) is 0.150. The average Bonchev–Trinajstić information content (AvgIpc) is 3.18. The zero-order valence-corrected chi connectivity index (χ0v) is 18.6. The Morgan fingerprint density at radius 1 is 1.47 bits per heavy atom. The molecule has 2 aliphatic heterocycles. The molecule has 2 amide bonds. The van der Waals surface area contributed by atoms with Crippen LogP contribution in [0.3, 0.4) is 0 Å². The minimum absolute atomic E-state index is 0.169. The molecular formula is C18H19N5O7S2. The van der Waals surface area contributed by atoms with E-state index in [4.69, 9.17) is 15.3 Å². The highest BCUT2D eigenvalue weighted by Crippen LogP contribution is 2.40. The normalized spacial score (nSPS) is 20.2. The number of hydrogen-bond donors (Lipinski definition) is 3. The Kier molecular flexibility index (Phi) is 6.84. The van der Waals surface area contributed by atoms with Gasteiger partial charge in [0.05, 0.1) is 0 Å². The van der Waals surface area contributed by atoms with Crippen molar-refractivity contribution in [1.29, 1.82) is 0 Å². The first-order valence-electron chi connectivity index (χ1n) is 9.01. The summed E-state index contributed by atoms with van der Waals surface area (Å²) in [6, 6.07) is -0.987. The van der Waals surface area contributed by atoms with Crippen LogP contribution in [0.2, 0.25) is 0 Å². The summed E-state index contributed by atoms with van der Waals surface area (Å²) in [5.74, 6) is -3.16. The molecule has 14 heteroatoms. The molecule has 0 aromatic carbocycles. The van der Waals surface area contributed by atoms with E-state index in [1.807, 2.05) is 0 Å². The Balaban J connectivity index is 1.76. The molecule has 4 N–H and O–H groups in total. The highest BCUT2D eigenvalue weighted by molar-refractivity contribution is 8.00. The maximum absolute atomic E-state index is 12.7. The molecule has 1 aromatic heterocycles. The largest absolute Gasteiger partial charge is 0.477 e. The van der Waals surface area contributed by atoms with Crippen LogP contribution in [-0.2, 0) is 28.8 Å². The summed E-state index contributed by atoms with van der Waals surface area (Å²) in [5, 5.41) is 16.9. The molecule has 2 aliphatic rings. The van der Waals surface area contributed by atoms with Crippen molar-refractivity contribution in [1.82, 2.24) is 15.2 Å². The van der Waals surface area contributed by atoms with E-state index in [9.17, 15) is 24.3 Å². The number of carboxylic acids is 1. The van der Waals surface area contributed by atoms with Crippen LogP contribution in [0.25, 0.3) is 0 Å². The van der Waals surface area contributed by atoms with Crippen LogP contribution in [-0.4, -0.2) is 75.3 Å². The third kappa shape index (κ3) is 4.45. The van der Waals surface area contributed by atoms with Crippen LogP contribution in [0.5, 0.6) is 0 Å². The molecule has 2 atom stereocenters. The smallest absolute Gasteiger partial charge is 0.352 e. The number of nitrogens with two attached hydrogens (primary N) is 1. The number of aliphatic carboxylic acids is 1. The monoisotopic (exact) mass is 481 g/mol. The van der Waals surface area contributed by atoms with E-state index in [0.29, 0.717) is 0 Å². The number of carboxylic acid groups (broad SMARTS) is 1. The van der Waals surface area contributed by atoms with Crippen LogP contribution in [0.1, 0.15) is 12.6 Å². The van der Waals surface area contributed by atoms with Crippen LogP contribution < -0.4 is 11.1 Å². The number of anilines is 1. The van der Waals surface area contributed by atoms with Gasteiger partial charge in [0.15, 0.2) is 10.8 Å². The van der Waals surface area contributed by atoms with Crippen molar-refractivity contribution in [3.8, 4) is 0 Å². The number of aromatic nitrogens is 1. The number of amides is 2. The van der Waals surface area contributed by atoms with Crippen molar-refractivity contribution in [3.05, 3.63) is 34.5 Å². The zero-order valence-electron chi connectivity index (χ0n) is 17.0. The summed E-state index contributed by atoms with van der Waals surface area (Å²) in [6.07, 6.45) is 0. The van der Waals surface area contributed by atoms with E-state index < -0.39 is 35.2 Å². The second-order valence-electron chi connectivity index (χ2n) is 6.67. The topological polar surface area (TPSA) is 174 Å². The van der Waals surface area contributed by atoms with Gasteiger partial charge in [0.1, 0.15) is 36.5 Å². The molecule has 32 heavy (non-hydrogen) atoms. The van der Waals surface area contributed by atoms with E-state index in [0.717, 1.165) is 16.2 Å². The Morgan fingerprint density at radius 3 is 2.75 bits per heavy atom. The fraction of sp³-hybridized carbons (Fsp3) is 0.333. The minimum Gasteiger partial charge on any atom is -0.477 e. The Bertz CT molecular complexity index is 1060. The van der Waals surface area contributed by atoms with Crippen molar-refractivity contribution in [2.24, 2.45) is 5.16 Å². The first kappa shape index (κ1) is 23.3. The number of ether oxygens (including phenoxy) is 1. The molecule has 0 aliphatic carbocycles. The number of nitrogens with zero attached hydrogens (tertiary/aromatic N) is 3. The van der Waals surface area contributed by atoms with Crippen LogP contribution in [0.15, 0.2) is 34.0 Å². The lowest BCUT2D eigenvalue weighted by atomic mass is 10.0. The van der Waals surface area contributed by atoms with Gasteiger partial charge in [-0.3, -0.25) is 14.5 Å². The third-order valence-electron chi connectivity index (χ3n) is 4.42. The highest BCUT2D eigenvalue weighted by atomic mass is 32.2. The molecule has 0 radical (unpaired) electrons. The Hall–Kier alpha value is -3.39. The summed E-state index contributed by atoms with van der Waals surface area (Å²) in [4.78, 5) is 58.7. The summed E-state index contributed by atoms with van der Waals surface area (Å²) >= 11 is 2.34. The van der Waals surface area contributed by atoms with E-state index in [1.165, 1.54) is 31.2 Å². The SMILES string of the molecule is C=C(C)C(=O)OCC1=C(C(=O)O)N2C(=O)[C@@H](NC(=O)/C(=N\OC)c3csc(N)n3)[C@H]2SC1. The minimum atomic E-state index is -1.34. The van der Waals surface area contributed by atoms with E-state index in [-0.39, 0.29) is 45.7 Å². The number of rotatable bonds is 8. The lowest BCUT2D eigenvalue weighted by molar-refractivity contribution is -0.150. The van der Waals surface area contributed by atoms with E-state index >= 15 is 0 Å². The van der Waals surface area contributed by atoms with Crippen LogP contribution >= 0.6 is 23.1 Å². The summed E-state index contributed by atoms with van der Waals surface area (Å²) in [5.41, 5.74) is 5.78. The Labute approximate surface area is 190 Å². The molecule has 1 aromatic rings. The van der Waals surface area contributed by atoms with Gasteiger partial charge in [0.2, 0.25) is 0 Å². The van der Waals surface area contributed by atoms with Crippen molar-refractivity contribution in [3.63, 3.8) is 0 Å². The average molecular weight is 482 g/mol. The molecule has 1 fully saturated rings. The summed E-state index contributed by atoms with van der Waals surface area (Å²) < 4.78 is 5.04. The summed E-state index contributed by atoms with van der Waals surface area (Å²) in [6.45, 7) is 4.64. The fourth-order valence-corrected chi connectivity index (χ4v) is 4.85. The van der Waals surface area contributed by atoms with E-state index in [1.54, 1.807) is 0 Å².